The van der Waals surface area contributed by atoms with Crippen LogP contribution >= 0.6 is 11.6 Å². The normalized spacial score (nSPS) is 10.7. The largest absolute Gasteiger partial charge is 0.507 e. The van der Waals surface area contributed by atoms with Crippen LogP contribution in [0.5, 0.6) is 5.75 Å². The van der Waals surface area contributed by atoms with E-state index < -0.39 is 10.8 Å². The third-order valence-corrected chi connectivity index (χ3v) is 3.99. The minimum atomic E-state index is -0.569. The monoisotopic (exact) mass is 348 g/mol. The number of nitro groups is 1. The molecule has 0 bridgehead atoms. The van der Waals surface area contributed by atoms with Crippen LogP contribution in [0.3, 0.4) is 0 Å². The van der Waals surface area contributed by atoms with Gasteiger partial charge < -0.3 is 10.4 Å². The van der Waals surface area contributed by atoms with Gasteiger partial charge in [0.05, 0.1) is 21.2 Å². The molecule has 0 radical (unpaired) electrons. The third kappa shape index (κ3) is 3.49. The first-order valence-electron chi connectivity index (χ1n) is 7.30. The SMILES string of the molecule is Cc1ccc(C(C)C)c(C(=O)Nc2ccc([N+](=O)[O-])cc2Cl)c1O. The van der Waals surface area contributed by atoms with Crippen LogP contribution in [0.1, 0.15) is 41.3 Å². The molecule has 0 saturated carbocycles. The van der Waals surface area contributed by atoms with Gasteiger partial charge in [0.25, 0.3) is 11.6 Å². The number of halogens is 1. The number of aromatic hydroxyl groups is 1. The molecule has 0 aliphatic heterocycles. The number of amides is 1. The van der Waals surface area contributed by atoms with Gasteiger partial charge >= 0.3 is 0 Å². The van der Waals surface area contributed by atoms with E-state index in [1.165, 1.54) is 12.1 Å². The van der Waals surface area contributed by atoms with Gasteiger partial charge in [-0.05, 0) is 30.0 Å². The third-order valence-electron chi connectivity index (χ3n) is 3.67. The summed E-state index contributed by atoms with van der Waals surface area (Å²) < 4.78 is 0. The number of nitro benzene ring substituents is 1. The number of rotatable bonds is 4. The van der Waals surface area contributed by atoms with E-state index in [9.17, 15) is 20.0 Å². The molecule has 0 aliphatic carbocycles. The molecule has 0 heterocycles. The van der Waals surface area contributed by atoms with E-state index in [-0.39, 0.29) is 33.6 Å². The standard InChI is InChI=1S/C17H17ClN2O4/c1-9(2)12-6-4-10(3)16(21)15(12)17(22)19-14-7-5-11(20(23)24)8-13(14)18/h4-9,21H,1-3H3,(H,19,22). The Hall–Kier alpha value is -2.60. The van der Waals surface area contributed by atoms with E-state index >= 15 is 0 Å². The Bertz CT molecular complexity index is 818. The van der Waals surface area contributed by atoms with E-state index in [1.807, 2.05) is 13.8 Å². The summed E-state index contributed by atoms with van der Waals surface area (Å²) in [7, 11) is 0. The number of benzene rings is 2. The molecule has 0 aromatic heterocycles. The Labute approximate surface area is 144 Å². The second kappa shape index (κ2) is 6.88. The van der Waals surface area contributed by atoms with Crippen molar-refractivity contribution < 1.29 is 14.8 Å². The smallest absolute Gasteiger partial charge is 0.271 e. The minimum Gasteiger partial charge on any atom is -0.507 e. The molecule has 126 valence electrons. The first-order chi connectivity index (χ1) is 11.2. The van der Waals surface area contributed by atoms with Gasteiger partial charge in [0.15, 0.2) is 0 Å². The second-order valence-electron chi connectivity index (χ2n) is 5.73. The number of phenolic OH excluding ortho intramolecular Hbond substituents is 1. The number of hydrogen-bond donors (Lipinski definition) is 2. The lowest BCUT2D eigenvalue weighted by Gasteiger charge is -2.16. The molecule has 0 saturated heterocycles. The maximum Gasteiger partial charge on any atom is 0.271 e. The van der Waals surface area contributed by atoms with Crippen LogP contribution in [0.4, 0.5) is 11.4 Å². The van der Waals surface area contributed by atoms with E-state index in [1.54, 1.807) is 19.1 Å². The van der Waals surface area contributed by atoms with Crippen molar-refractivity contribution in [3.8, 4) is 5.75 Å². The summed E-state index contributed by atoms with van der Waals surface area (Å²) in [5.41, 5.74) is 1.54. The van der Waals surface area contributed by atoms with Crippen molar-refractivity contribution in [1.29, 1.82) is 0 Å². The Morgan fingerprint density at radius 1 is 1.29 bits per heavy atom. The molecule has 2 rings (SSSR count). The maximum atomic E-state index is 12.6. The number of carbonyl (C=O) groups excluding carboxylic acids is 1. The summed E-state index contributed by atoms with van der Waals surface area (Å²) >= 11 is 6.00. The quantitative estimate of drug-likeness (QED) is 0.622. The fraction of sp³-hybridized carbons (Fsp3) is 0.235. The van der Waals surface area contributed by atoms with E-state index in [2.05, 4.69) is 5.32 Å². The van der Waals surface area contributed by atoms with Crippen molar-refractivity contribution in [2.75, 3.05) is 5.32 Å². The van der Waals surface area contributed by atoms with Crippen molar-refractivity contribution in [3.05, 3.63) is 62.2 Å². The van der Waals surface area contributed by atoms with Crippen LogP contribution in [0, 0.1) is 17.0 Å². The summed E-state index contributed by atoms with van der Waals surface area (Å²) in [4.78, 5) is 22.8. The molecule has 0 unspecified atom stereocenters. The van der Waals surface area contributed by atoms with Crippen molar-refractivity contribution in [1.82, 2.24) is 0 Å². The summed E-state index contributed by atoms with van der Waals surface area (Å²) in [6, 6.07) is 7.32. The molecule has 6 nitrogen and oxygen atoms in total. The van der Waals surface area contributed by atoms with Gasteiger partial charge in [-0.2, -0.15) is 0 Å². The fourth-order valence-corrected chi connectivity index (χ4v) is 2.56. The van der Waals surface area contributed by atoms with Crippen LogP contribution < -0.4 is 5.32 Å². The van der Waals surface area contributed by atoms with Gasteiger partial charge in [-0.3, -0.25) is 14.9 Å². The topological polar surface area (TPSA) is 92.5 Å². The Kier molecular flexibility index (Phi) is 5.09. The molecular weight excluding hydrogens is 332 g/mol. The van der Waals surface area contributed by atoms with Crippen LogP contribution in [0.15, 0.2) is 30.3 Å². The van der Waals surface area contributed by atoms with E-state index in [4.69, 9.17) is 11.6 Å². The highest BCUT2D eigenvalue weighted by Gasteiger charge is 2.21. The highest BCUT2D eigenvalue weighted by Crippen LogP contribution is 2.32. The lowest BCUT2D eigenvalue weighted by Crippen LogP contribution is -2.16. The van der Waals surface area contributed by atoms with Gasteiger partial charge in [-0.15, -0.1) is 0 Å². The zero-order chi connectivity index (χ0) is 18.0. The Morgan fingerprint density at radius 2 is 1.96 bits per heavy atom. The van der Waals surface area contributed by atoms with Crippen LogP contribution in [0.2, 0.25) is 5.02 Å². The number of nitrogens with one attached hydrogen (secondary N) is 1. The predicted octanol–water partition coefficient (Wildman–Crippen LogP) is 4.64. The molecule has 24 heavy (non-hydrogen) atoms. The zero-order valence-electron chi connectivity index (χ0n) is 13.5. The molecule has 1 amide bonds. The average Bonchev–Trinajstić information content (AvgIpc) is 2.51. The average molecular weight is 349 g/mol. The number of non-ortho nitro benzene ring substituents is 1. The highest BCUT2D eigenvalue weighted by atomic mass is 35.5. The Balaban J connectivity index is 2.41. The molecular formula is C17H17ClN2O4. The molecule has 0 aliphatic rings. The molecule has 2 aromatic carbocycles. The van der Waals surface area contributed by atoms with E-state index in [0.717, 1.165) is 6.07 Å². The number of phenols is 1. The molecule has 0 fully saturated rings. The van der Waals surface area contributed by atoms with Crippen molar-refractivity contribution in [2.45, 2.75) is 26.7 Å². The summed E-state index contributed by atoms with van der Waals surface area (Å²) in [6.45, 7) is 5.54. The van der Waals surface area contributed by atoms with Crippen LogP contribution in [-0.4, -0.2) is 15.9 Å². The van der Waals surface area contributed by atoms with Gasteiger partial charge in [0.2, 0.25) is 0 Å². The van der Waals surface area contributed by atoms with Crippen LogP contribution in [-0.2, 0) is 0 Å². The predicted molar refractivity (Wildman–Crippen MR) is 93.0 cm³/mol. The molecule has 7 heteroatoms. The number of aryl methyl sites for hydroxylation is 1. The molecule has 0 atom stereocenters. The molecule has 2 aromatic rings. The fourth-order valence-electron chi connectivity index (χ4n) is 2.33. The van der Waals surface area contributed by atoms with Gasteiger partial charge in [-0.1, -0.05) is 37.6 Å². The van der Waals surface area contributed by atoms with E-state index in [0.29, 0.717) is 11.1 Å². The lowest BCUT2D eigenvalue weighted by atomic mass is 9.94. The summed E-state index contributed by atoms with van der Waals surface area (Å²) in [6.07, 6.45) is 0. The number of carbonyl (C=O) groups is 1. The Morgan fingerprint density at radius 3 is 2.50 bits per heavy atom. The molecule has 2 N–H and O–H groups in total. The van der Waals surface area contributed by atoms with Crippen molar-refractivity contribution >= 4 is 28.9 Å². The van der Waals surface area contributed by atoms with Gasteiger partial charge in [0, 0.05) is 12.1 Å². The maximum absolute atomic E-state index is 12.6. The van der Waals surface area contributed by atoms with Crippen molar-refractivity contribution in [3.63, 3.8) is 0 Å². The first kappa shape index (κ1) is 17.7. The zero-order valence-corrected chi connectivity index (χ0v) is 14.2. The molecule has 0 spiro atoms. The number of nitrogens with zero attached hydrogens (tertiary/aromatic N) is 1. The highest BCUT2D eigenvalue weighted by molar-refractivity contribution is 6.34. The second-order valence-corrected chi connectivity index (χ2v) is 6.13. The van der Waals surface area contributed by atoms with Gasteiger partial charge in [-0.25, -0.2) is 0 Å². The van der Waals surface area contributed by atoms with Crippen molar-refractivity contribution in [2.24, 2.45) is 0 Å². The van der Waals surface area contributed by atoms with Gasteiger partial charge in [0.1, 0.15) is 5.75 Å². The summed E-state index contributed by atoms with van der Waals surface area (Å²) in [5, 5.41) is 23.7. The number of anilines is 1. The lowest BCUT2D eigenvalue weighted by molar-refractivity contribution is -0.384. The summed E-state index contributed by atoms with van der Waals surface area (Å²) in [5.74, 6) is -0.572. The minimum absolute atomic E-state index is 0.0320. The van der Waals surface area contributed by atoms with Crippen LogP contribution in [0.25, 0.3) is 0 Å². The first-order valence-corrected chi connectivity index (χ1v) is 7.68. The number of hydrogen-bond acceptors (Lipinski definition) is 4.